The highest BCUT2D eigenvalue weighted by Gasteiger charge is 2.23. The molecule has 0 radical (unpaired) electrons. The van der Waals surface area contributed by atoms with Crippen LogP contribution in [-0.2, 0) is 13.1 Å². The second-order valence-electron chi connectivity index (χ2n) is 12.4. The minimum Gasteiger partial charge on any atom is -0.497 e. The van der Waals surface area contributed by atoms with Crippen LogP contribution in [-0.4, -0.2) is 78.7 Å². The standard InChI is InChI=1S/C38H34N10O6/c1-51-24-9-13-32-27(18-24)37(49)43-33-7-5-6-29(41-33)36-46-40-22-48(36)20-23(14-17-54-32)26-10-11-30-35-45-39-21-47(35)15-3-4-16-53-31-12-8-25(52-2)19-28(31)38(50)44-34(26)42-30/h5-14,18-19,21-22H,3-4,15-17,20H2,1-2H3,(H,41,43,49)(H,42,44,50)/b23-14+. The normalized spacial score (nSPS) is 15.4. The lowest BCUT2D eigenvalue weighted by molar-refractivity contribution is 0.101. The van der Waals surface area contributed by atoms with Crippen molar-refractivity contribution in [1.82, 2.24) is 39.5 Å². The van der Waals surface area contributed by atoms with Crippen molar-refractivity contribution in [2.24, 2.45) is 0 Å². The van der Waals surface area contributed by atoms with Gasteiger partial charge < -0.3 is 38.7 Å². The number of amides is 2. The maximum atomic E-state index is 14.2. The van der Waals surface area contributed by atoms with E-state index < -0.39 is 11.8 Å². The first-order valence-electron chi connectivity index (χ1n) is 17.2. The molecule has 0 fully saturated rings. The quantitative estimate of drug-likeness (QED) is 0.245. The zero-order chi connectivity index (χ0) is 37.0. The third-order valence-corrected chi connectivity index (χ3v) is 8.98. The molecule has 54 heavy (non-hydrogen) atoms. The van der Waals surface area contributed by atoms with E-state index in [1.807, 2.05) is 27.3 Å². The summed E-state index contributed by atoms with van der Waals surface area (Å²) in [6, 6.07) is 19.1. The SMILES string of the molecule is COc1ccc2c(c1)C(=O)Nc1cccc(n1)-c1nncn1C/C(c1ccc3nc1NC(=O)c1cc(OC)ccc1OCCCCn1cnnc1-3)=C\CO2. The van der Waals surface area contributed by atoms with Crippen LogP contribution in [0, 0.1) is 0 Å². The van der Waals surface area contributed by atoms with Gasteiger partial charge in [0.15, 0.2) is 11.6 Å². The molecule has 0 saturated carbocycles. The molecule has 0 spiro atoms. The Bertz CT molecular complexity index is 2400. The maximum Gasteiger partial charge on any atom is 0.260 e. The Kier molecular flexibility index (Phi) is 9.36. The number of nitrogens with zero attached hydrogens (tertiary/aromatic N) is 8. The lowest BCUT2D eigenvalue weighted by Gasteiger charge is -2.19. The molecule has 0 unspecified atom stereocenters. The number of aromatic nitrogens is 8. The van der Waals surface area contributed by atoms with Gasteiger partial charge in [0.05, 0.1) is 38.5 Å². The van der Waals surface area contributed by atoms with Gasteiger partial charge in [-0.2, -0.15) is 0 Å². The lowest BCUT2D eigenvalue weighted by Crippen LogP contribution is -2.18. The molecule has 2 aliphatic heterocycles. The molecule has 4 bridgehead atoms. The van der Waals surface area contributed by atoms with Gasteiger partial charge in [0.2, 0.25) is 0 Å². The topological polar surface area (TPSA) is 182 Å². The number of carbonyl (C=O) groups excluding carboxylic acids is 2. The molecular formula is C38H34N10O6. The number of aryl methyl sites for hydroxylation is 1. The molecule has 2 aromatic carbocycles. The van der Waals surface area contributed by atoms with Gasteiger partial charge in [0, 0.05) is 12.1 Å². The fourth-order valence-electron chi connectivity index (χ4n) is 6.23. The number of ether oxygens (including phenoxy) is 4. The van der Waals surface area contributed by atoms with Gasteiger partial charge in [-0.05, 0) is 85.2 Å². The Hall–Kier alpha value is -7.10. The van der Waals surface area contributed by atoms with Crippen molar-refractivity contribution in [1.29, 1.82) is 0 Å². The number of rotatable bonds is 3. The fraction of sp³-hybridized carbons (Fsp3) is 0.211. The van der Waals surface area contributed by atoms with Crippen molar-refractivity contribution in [3.05, 3.63) is 102 Å². The largest absolute Gasteiger partial charge is 0.497 e. The molecule has 2 amide bonds. The molecule has 272 valence electrons. The average molecular weight is 727 g/mol. The smallest absolute Gasteiger partial charge is 0.260 e. The summed E-state index contributed by atoms with van der Waals surface area (Å²) in [7, 11) is 3.06. The van der Waals surface area contributed by atoms with Crippen LogP contribution in [0.5, 0.6) is 23.0 Å². The predicted octanol–water partition coefficient (Wildman–Crippen LogP) is 5.16. The fourth-order valence-corrected chi connectivity index (χ4v) is 6.23. The van der Waals surface area contributed by atoms with Crippen molar-refractivity contribution in [2.45, 2.75) is 25.9 Å². The first-order valence-corrected chi connectivity index (χ1v) is 17.2. The van der Waals surface area contributed by atoms with Gasteiger partial charge in [-0.1, -0.05) is 6.07 Å². The second kappa shape index (κ2) is 14.9. The van der Waals surface area contributed by atoms with Crippen LogP contribution in [0.2, 0.25) is 0 Å². The van der Waals surface area contributed by atoms with Gasteiger partial charge in [-0.25, -0.2) is 9.97 Å². The summed E-state index contributed by atoms with van der Waals surface area (Å²) < 4.78 is 27.0. The highest BCUT2D eigenvalue weighted by Crippen LogP contribution is 2.33. The molecule has 6 aromatic rings. The predicted molar refractivity (Wildman–Crippen MR) is 197 cm³/mol. The summed E-state index contributed by atoms with van der Waals surface area (Å²) in [6.45, 7) is 1.32. The molecular weight excluding hydrogens is 692 g/mol. The summed E-state index contributed by atoms with van der Waals surface area (Å²) in [6.07, 6.45) is 6.65. The second-order valence-corrected chi connectivity index (χ2v) is 12.4. The van der Waals surface area contributed by atoms with Crippen LogP contribution >= 0.6 is 0 Å². The van der Waals surface area contributed by atoms with Crippen LogP contribution in [0.4, 0.5) is 11.6 Å². The van der Waals surface area contributed by atoms with E-state index in [4.69, 9.17) is 23.9 Å². The molecule has 0 saturated heterocycles. The Balaban J connectivity index is 1.27. The number of hydrogen-bond acceptors (Lipinski definition) is 12. The molecule has 6 heterocycles. The number of benzene rings is 2. The van der Waals surface area contributed by atoms with Gasteiger partial charge >= 0.3 is 0 Å². The van der Waals surface area contributed by atoms with Crippen LogP contribution in [0.1, 0.15) is 39.1 Å². The van der Waals surface area contributed by atoms with Crippen LogP contribution in [0.25, 0.3) is 28.6 Å². The van der Waals surface area contributed by atoms with Crippen LogP contribution in [0.3, 0.4) is 0 Å². The number of pyridine rings is 2. The number of fused-ring (bicyclic) bond motifs is 10. The summed E-state index contributed by atoms with van der Waals surface area (Å²) in [4.78, 5) is 37.4. The first kappa shape index (κ1) is 34.0. The zero-order valence-electron chi connectivity index (χ0n) is 29.4. The Labute approximate surface area is 308 Å². The lowest BCUT2D eigenvalue weighted by atomic mass is 10.0. The molecule has 16 nitrogen and oxygen atoms in total. The van der Waals surface area contributed by atoms with E-state index in [0.717, 1.165) is 12.8 Å². The van der Waals surface area contributed by atoms with E-state index in [0.29, 0.717) is 76.1 Å². The maximum absolute atomic E-state index is 14.2. The van der Waals surface area contributed by atoms with Gasteiger partial charge in [0.1, 0.15) is 65.3 Å². The number of methoxy groups -OCH3 is 2. The summed E-state index contributed by atoms with van der Waals surface area (Å²) in [5, 5.41) is 23.0. The van der Waals surface area contributed by atoms with E-state index >= 15 is 0 Å². The number of carbonyl (C=O) groups is 2. The number of nitrogens with one attached hydrogen (secondary N) is 2. The van der Waals surface area contributed by atoms with E-state index in [1.54, 1.807) is 67.3 Å². The van der Waals surface area contributed by atoms with E-state index in [2.05, 4.69) is 36.0 Å². The average Bonchev–Trinajstić information content (AvgIpc) is 3.87. The van der Waals surface area contributed by atoms with E-state index in [9.17, 15) is 9.59 Å². The zero-order valence-corrected chi connectivity index (χ0v) is 29.4. The van der Waals surface area contributed by atoms with Crippen LogP contribution in [0.15, 0.2) is 85.5 Å². The Morgan fingerprint density at radius 2 is 1.39 bits per heavy atom. The Morgan fingerprint density at radius 3 is 2.15 bits per heavy atom. The van der Waals surface area contributed by atoms with Crippen molar-refractivity contribution in [2.75, 3.05) is 38.1 Å². The monoisotopic (exact) mass is 726 g/mol. The summed E-state index contributed by atoms with van der Waals surface area (Å²) in [5.74, 6) is 2.41. The van der Waals surface area contributed by atoms with Gasteiger partial charge in [-0.15, -0.1) is 20.4 Å². The molecule has 0 atom stereocenters. The Morgan fingerprint density at radius 1 is 0.704 bits per heavy atom. The van der Waals surface area contributed by atoms with Crippen molar-refractivity contribution in [3.63, 3.8) is 0 Å². The van der Waals surface area contributed by atoms with Gasteiger partial charge in [0.25, 0.3) is 11.8 Å². The van der Waals surface area contributed by atoms with Crippen LogP contribution < -0.4 is 29.6 Å². The summed E-state index contributed by atoms with van der Waals surface area (Å²) in [5.41, 5.74) is 2.82. The van der Waals surface area contributed by atoms with E-state index in [-0.39, 0.29) is 30.1 Å². The van der Waals surface area contributed by atoms with Gasteiger partial charge in [-0.3, -0.25) is 9.59 Å². The molecule has 2 aliphatic rings. The number of allylic oxidation sites excluding steroid dienone is 1. The minimum absolute atomic E-state index is 0.0419. The third kappa shape index (κ3) is 6.91. The molecule has 2 N–H and O–H groups in total. The highest BCUT2D eigenvalue weighted by molar-refractivity contribution is 6.07. The first-order chi connectivity index (χ1) is 26.5. The highest BCUT2D eigenvalue weighted by atomic mass is 16.5. The van der Waals surface area contributed by atoms with E-state index in [1.165, 1.54) is 14.2 Å². The summed E-state index contributed by atoms with van der Waals surface area (Å²) >= 11 is 0. The van der Waals surface area contributed by atoms with Crippen molar-refractivity contribution < 1.29 is 28.5 Å². The van der Waals surface area contributed by atoms with Crippen molar-refractivity contribution >= 4 is 29.0 Å². The number of hydrogen-bond donors (Lipinski definition) is 2. The number of anilines is 2. The van der Waals surface area contributed by atoms with Crippen molar-refractivity contribution in [3.8, 4) is 46.0 Å². The molecule has 0 aliphatic carbocycles. The minimum atomic E-state index is -0.453. The molecule has 16 heteroatoms. The molecule has 4 aromatic heterocycles. The molecule has 8 rings (SSSR count). The third-order valence-electron chi connectivity index (χ3n) is 8.98.